The molecule has 4 heterocycles. The third-order valence-corrected chi connectivity index (χ3v) is 17.0. The lowest BCUT2D eigenvalue weighted by Gasteiger charge is -2.22. The summed E-state index contributed by atoms with van der Waals surface area (Å²) in [5.41, 5.74) is 23.3. The first-order chi connectivity index (χ1) is 41.4. The number of fused-ring (bicyclic) bond motifs is 9. The highest BCUT2D eigenvalue weighted by Crippen LogP contribution is 2.46. The second-order valence-electron chi connectivity index (χ2n) is 22.1. The van der Waals surface area contributed by atoms with Crippen molar-refractivity contribution in [3.63, 3.8) is 0 Å². The minimum absolute atomic E-state index is 0.580. The molecule has 0 fully saturated rings. The van der Waals surface area contributed by atoms with Crippen molar-refractivity contribution in [1.82, 2.24) is 28.7 Å². The molecule has 0 aliphatic rings. The van der Waals surface area contributed by atoms with E-state index in [2.05, 4.69) is 271 Å². The Morgan fingerprint density at radius 2 is 0.583 bits per heavy atom. The Bertz CT molecular complexity index is 4890. The number of benzene rings is 12. The molecule has 0 unspecified atom stereocenters. The normalized spacial score (nSPS) is 11.8. The Balaban J connectivity index is 0.997. The monoisotopic (exact) mass is 1070 g/mol. The first-order valence-corrected chi connectivity index (χ1v) is 28.8. The second-order valence-corrected chi connectivity index (χ2v) is 22.1. The fraction of sp³-hybridized carbons (Fsp3) is 0.0385. The molecule has 4 aromatic heterocycles. The number of aryl methyl sites for hydroxylation is 3. The average molecular weight is 1080 g/mol. The molecule has 6 nitrogen and oxygen atoms in total. The molecule has 84 heavy (non-hydrogen) atoms. The number of aromatic nitrogens is 6. The highest BCUT2D eigenvalue weighted by Gasteiger charge is 2.25. The molecule has 12 aromatic carbocycles. The Hall–Kier alpha value is -11.0. The van der Waals surface area contributed by atoms with Crippen LogP contribution in [0, 0.1) is 20.8 Å². The SMILES string of the molecule is Cc1cc(C)c(-c2ccc3c(c2)c2ccccc2n3-c2c(-c3ccc(-n4c5ccccc5c5ccccc54)cc3)cc(-c3nc(-c4ccccc4)nc(-c4ccccc4)n3)cc2-c2ccc(-n3c4ccccc4c4ccccc43)cc2)c(C)c1. The summed E-state index contributed by atoms with van der Waals surface area (Å²) >= 11 is 0. The van der Waals surface area contributed by atoms with Crippen LogP contribution in [0.4, 0.5) is 0 Å². The molecular formula is C78H54N6. The van der Waals surface area contributed by atoms with E-state index in [4.69, 9.17) is 15.0 Å². The van der Waals surface area contributed by atoms with Gasteiger partial charge in [0.05, 0.1) is 38.8 Å². The molecule has 0 spiro atoms. The lowest BCUT2D eigenvalue weighted by Crippen LogP contribution is -2.04. The zero-order valence-electron chi connectivity index (χ0n) is 46.7. The molecule has 16 rings (SSSR count). The first kappa shape index (κ1) is 48.9. The summed E-state index contributed by atoms with van der Waals surface area (Å²) < 4.78 is 7.29. The van der Waals surface area contributed by atoms with Crippen molar-refractivity contribution < 1.29 is 0 Å². The zero-order chi connectivity index (χ0) is 56.0. The molecule has 0 saturated heterocycles. The van der Waals surface area contributed by atoms with Gasteiger partial charge < -0.3 is 13.7 Å². The van der Waals surface area contributed by atoms with Gasteiger partial charge in [0, 0.05) is 71.5 Å². The smallest absolute Gasteiger partial charge is 0.164 e. The van der Waals surface area contributed by atoms with Gasteiger partial charge in [-0.3, -0.25) is 0 Å². The van der Waals surface area contributed by atoms with E-state index >= 15 is 0 Å². The highest BCUT2D eigenvalue weighted by molar-refractivity contribution is 6.13. The third-order valence-electron chi connectivity index (χ3n) is 17.0. The highest BCUT2D eigenvalue weighted by atomic mass is 15.0. The molecule has 0 aliphatic carbocycles. The Labute approximate surface area is 486 Å². The molecule has 0 atom stereocenters. The molecule has 0 bridgehead atoms. The number of hydrogen-bond donors (Lipinski definition) is 0. The standard InChI is InChI=1S/C78H54N6/c1-49-44-50(2)74(51(3)45-49)56-38-43-73-67(46-56)64-28-14-19-33-72(64)84(73)75-65(52-34-39-58(40-35-52)82-68-29-15-10-24-60(68)61-25-11-16-30-69(61)82)47-57(78-80-76(54-20-6-4-7-21-54)79-77(81-78)55-22-8-5-9-23-55)48-66(75)53-36-41-59(42-37-53)83-70-31-17-12-26-62(70)63-27-13-18-32-71(63)83/h4-48H,1-3H3. The minimum Gasteiger partial charge on any atom is -0.309 e. The largest absolute Gasteiger partial charge is 0.309 e. The van der Waals surface area contributed by atoms with Crippen LogP contribution in [0.3, 0.4) is 0 Å². The third kappa shape index (κ3) is 7.98. The van der Waals surface area contributed by atoms with Crippen molar-refractivity contribution in [2.45, 2.75) is 20.8 Å². The van der Waals surface area contributed by atoms with Gasteiger partial charge in [0.15, 0.2) is 17.5 Å². The number of nitrogens with zero attached hydrogens (tertiary/aromatic N) is 6. The summed E-state index contributed by atoms with van der Waals surface area (Å²) in [7, 11) is 0. The quantitative estimate of drug-likeness (QED) is 0.145. The van der Waals surface area contributed by atoms with Crippen LogP contribution in [0.2, 0.25) is 0 Å². The molecule has 0 aliphatic heterocycles. The van der Waals surface area contributed by atoms with Crippen LogP contribution in [0.25, 0.3) is 150 Å². The van der Waals surface area contributed by atoms with E-state index in [0.717, 1.165) is 67.0 Å². The lowest BCUT2D eigenvalue weighted by molar-refractivity contribution is 1.07. The van der Waals surface area contributed by atoms with Gasteiger partial charge in [0.2, 0.25) is 0 Å². The van der Waals surface area contributed by atoms with Gasteiger partial charge in [-0.25, -0.2) is 15.0 Å². The predicted molar refractivity (Wildman–Crippen MR) is 350 cm³/mol. The van der Waals surface area contributed by atoms with Gasteiger partial charge in [-0.15, -0.1) is 0 Å². The summed E-state index contributed by atoms with van der Waals surface area (Å²) in [5.74, 6) is 1.79. The average Bonchev–Trinajstić information content (AvgIpc) is 2.64. The van der Waals surface area contributed by atoms with E-state index in [1.807, 2.05) is 36.4 Å². The Kier molecular flexibility index (Phi) is 11.4. The molecule has 16 aromatic rings. The van der Waals surface area contributed by atoms with Crippen LogP contribution < -0.4 is 0 Å². The first-order valence-electron chi connectivity index (χ1n) is 28.8. The van der Waals surface area contributed by atoms with Crippen LogP contribution in [-0.2, 0) is 0 Å². The molecule has 6 heteroatoms. The lowest BCUT2D eigenvalue weighted by atomic mass is 9.92. The number of hydrogen-bond acceptors (Lipinski definition) is 3. The summed E-state index contributed by atoms with van der Waals surface area (Å²) in [5, 5.41) is 7.27. The van der Waals surface area contributed by atoms with Crippen LogP contribution in [0.15, 0.2) is 273 Å². The Morgan fingerprint density at radius 1 is 0.250 bits per heavy atom. The van der Waals surface area contributed by atoms with Gasteiger partial charge in [0.25, 0.3) is 0 Å². The molecule has 0 radical (unpaired) electrons. The fourth-order valence-electron chi connectivity index (χ4n) is 13.4. The van der Waals surface area contributed by atoms with E-state index in [0.29, 0.717) is 17.5 Å². The van der Waals surface area contributed by atoms with E-state index in [1.165, 1.54) is 82.2 Å². The number of para-hydroxylation sites is 5. The summed E-state index contributed by atoms with van der Waals surface area (Å²) in [4.78, 5) is 15.9. The van der Waals surface area contributed by atoms with Gasteiger partial charge in [0.1, 0.15) is 0 Å². The molecule has 396 valence electrons. The van der Waals surface area contributed by atoms with E-state index < -0.39 is 0 Å². The van der Waals surface area contributed by atoms with Crippen LogP contribution >= 0.6 is 0 Å². The zero-order valence-corrected chi connectivity index (χ0v) is 46.7. The van der Waals surface area contributed by atoms with Gasteiger partial charge in [-0.1, -0.05) is 200 Å². The maximum absolute atomic E-state index is 5.40. The van der Waals surface area contributed by atoms with Gasteiger partial charge in [-0.2, -0.15) is 0 Å². The van der Waals surface area contributed by atoms with Gasteiger partial charge >= 0.3 is 0 Å². The maximum atomic E-state index is 5.40. The van der Waals surface area contributed by atoms with Crippen molar-refractivity contribution in [1.29, 1.82) is 0 Å². The van der Waals surface area contributed by atoms with Crippen LogP contribution in [0.5, 0.6) is 0 Å². The predicted octanol–water partition coefficient (Wildman–Crippen LogP) is 20.1. The van der Waals surface area contributed by atoms with E-state index in [9.17, 15) is 0 Å². The maximum Gasteiger partial charge on any atom is 0.164 e. The van der Waals surface area contributed by atoms with Crippen molar-refractivity contribution in [2.75, 3.05) is 0 Å². The molecule has 0 amide bonds. The van der Waals surface area contributed by atoms with Crippen molar-refractivity contribution in [3.05, 3.63) is 290 Å². The molecule has 0 N–H and O–H groups in total. The minimum atomic E-state index is 0.580. The van der Waals surface area contributed by atoms with Crippen LogP contribution in [0.1, 0.15) is 16.7 Å². The summed E-state index contributed by atoms with van der Waals surface area (Å²) in [6, 6.07) is 98.8. The number of rotatable bonds is 9. The summed E-state index contributed by atoms with van der Waals surface area (Å²) in [6.07, 6.45) is 0. The van der Waals surface area contributed by atoms with Gasteiger partial charge in [-0.05, 0) is 133 Å². The van der Waals surface area contributed by atoms with Crippen molar-refractivity contribution in [3.8, 4) is 84.6 Å². The molecule has 0 saturated carbocycles. The van der Waals surface area contributed by atoms with E-state index in [1.54, 1.807) is 0 Å². The van der Waals surface area contributed by atoms with Crippen LogP contribution in [-0.4, -0.2) is 28.7 Å². The topological polar surface area (TPSA) is 53.5 Å². The summed E-state index contributed by atoms with van der Waals surface area (Å²) in [6.45, 7) is 6.66. The second kappa shape index (κ2) is 19.7. The van der Waals surface area contributed by atoms with Crippen molar-refractivity contribution in [2.24, 2.45) is 0 Å². The molecular weight excluding hydrogens is 1020 g/mol. The van der Waals surface area contributed by atoms with E-state index in [-0.39, 0.29) is 0 Å². The Morgan fingerprint density at radius 3 is 1.00 bits per heavy atom. The fourth-order valence-corrected chi connectivity index (χ4v) is 13.4. The van der Waals surface area contributed by atoms with Crippen molar-refractivity contribution >= 4 is 65.4 Å².